The van der Waals surface area contributed by atoms with Crippen LogP contribution >= 0.6 is 11.6 Å². The van der Waals surface area contributed by atoms with Crippen molar-refractivity contribution in [2.75, 3.05) is 45.7 Å². The average molecular weight is 456 g/mol. The smallest absolute Gasteiger partial charge is 0.237 e. The zero-order valence-corrected chi connectivity index (χ0v) is 19.6. The van der Waals surface area contributed by atoms with Crippen molar-refractivity contribution in [1.82, 2.24) is 9.80 Å². The molecule has 2 amide bonds. The van der Waals surface area contributed by atoms with E-state index in [2.05, 4.69) is 11.0 Å². The van der Waals surface area contributed by atoms with Gasteiger partial charge in [0.25, 0.3) is 0 Å². The number of hydrogen-bond donors (Lipinski definition) is 1. The Morgan fingerprint density at radius 3 is 2.56 bits per heavy atom. The van der Waals surface area contributed by atoms with E-state index in [0.29, 0.717) is 18.0 Å². The molecule has 32 heavy (non-hydrogen) atoms. The molecule has 2 aromatic carbocycles. The molecular weight excluding hydrogens is 426 g/mol. The summed E-state index contributed by atoms with van der Waals surface area (Å²) in [5.74, 6) is 0.0630. The van der Waals surface area contributed by atoms with Crippen LogP contribution in [0.3, 0.4) is 0 Å². The number of benzene rings is 2. The normalized spacial score (nSPS) is 18.6. The van der Waals surface area contributed by atoms with E-state index in [1.165, 1.54) is 0 Å². The number of amides is 2. The van der Waals surface area contributed by atoms with Gasteiger partial charge >= 0.3 is 0 Å². The molecule has 0 saturated carbocycles. The van der Waals surface area contributed by atoms with Gasteiger partial charge in [0, 0.05) is 38.4 Å². The Morgan fingerprint density at radius 2 is 1.88 bits per heavy atom. The number of fused-ring (bicyclic) bond motifs is 2. The summed E-state index contributed by atoms with van der Waals surface area (Å²) >= 11 is 6.34. The van der Waals surface area contributed by atoms with Crippen LogP contribution in [0.25, 0.3) is 0 Å². The van der Waals surface area contributed by atoms with Crippen molar-refractivity contribution in [3.63, 3.8) is 0 Å². The van der Waals surface area contributed by atoms with Crippen LogP contribution in [0, 0.1) is 5.92 Å². The van der Waals surface area contributed by atoms with Crippen LogP contribution in [-0.4, -0.2) is 67.5 Å². The number of likely N-dealkylation sites (tertiary alicyclic amines) is 1. The minimum absolute atomic E-state index is 0.0340. The third-order valence-electron chi connectivity index (χ3n) is 6.97. The van der Waals surface area contributed by atoms with E-state index in [1.54, 1.807) is 42.1 Å². The quantitative estimate of drug-likeness (QED) is 0.751. The number of hydrogen-bond acceptors (Lipinski definition) is 4. The van der Waals surface area contributed by atoms with Crippen molar-refractivity contribution >= 4 is 29.1 Å². The molecule has 2 aromatic rings. The van der Waals surface area contributed by atoms with Gasteiger partial charge in [-0.3, -0.25) is 9.59 Å². The van der Waals surface area contributed by atoms with Gasteiger partial charge in [0.15, 0.2) is 0 Å². The average Bonchev–Trinajstić information content (AvgIpc) is 2.99. The molecule has 0 aliphatic carbocycles. The van der Waals surface area contributed by atoms with E-state index in [-0.39, 0.29) is 23.5 Å². The van der Waals surface area contributed by atoms with Gasteiger partial charge in [0.05, 0.1) is 11.3 Å². The lowest BCUT2D eigenvalue weighted by atomic mass is 9.73. The maximum Gasteiger partial charge on any atom is 0.237 e. The van der Waals surface area contributed by atoms with Crippen molar-refractivity contribution in [2.45, 2.75) is 24.7 Å². The standard InChI is InChI=1S/C25H30ClN3O3/c1-27(2)23(31)18(14-17-15-19(30)8-9-21(17)26)16-29-12-10-25(11-13-29)20-6-4-5-7-22(20)28(3)24(25)32/h4-9,15,18,30H,10-14,16H2,1-3H3. The summed E-state index contributed by atoms with van der Waals surface area (Å²) in [7, 11) is 5.37. The fourth-order valence-electron chi connectivity index (χ4n) is 5.21. The summed E-state index contributed by atoms with van der Waals surface area (Å²) in [5.41, 5.74) is 2.43. The molecule has 0 aromatic heterocycles. The van der Waals surface area contributed by atoms with Crippen LogP contribution < -0.4 is 4.90 Å². The largest absolute Gasteiger partial charge is 0.508 e. The number of phenols is 1. The number of phenolic OH excluding ortho intramolecular Hbond substituents is 1. The van der Waals surface area contributed by atoms with Crippen LogP contribution in [0.2, 0.25) is 5.02 Å². The molecule has 2 heterocycles. The first-order valence-electron chi connectivity index (χ1n) is 11.0. The number of nitrogens with zero attached hydrogens (tertiary/aromatic N) is 3. The number of halogens is 1. The number of likely N-dealkylation sites (N-methyl/N-ethyl adjacent to an activating group) is 1. The Morgan fingerprint density at radius 1 is 1.19 bits per heavy atom. The number of anilines is 1. The fourth-order valence-corrected chi connectivity index (χ4v) is 5.40. The lowest BCUT2D eigenvalue weighted by Gasteiger charge is -2.39. The first kappa shape index (κ1) is 22.6. The van der Waals surface area contributed by atoms with Gasteiger partial charge in [-0.25, -0.2) is 0 Å². The Kier molecular flexibility index (Phi) is 6.19. The summed E-state index contributed by atoms with van der Waals surface area (Å²) in [6, 6.07) is 12.9. The zero-order valence-electron chi connectivity index (χ0n) is 18.8. The van der Waals surface area contributed by atoms with E-state index in [0.717, 1.165) is 42.7 Å². The monoisotopic (exact) mass is 455 g/mol. The number of para-hydroxylation sites is 1. The molecule has 1 N–H and O–H groups in total. The van der Waals surface area contributed by atoms with Crippen LogP contribution in [0.15, 0.2) is 42.5 Å². The zero-order chi connectivity index (χ0) is 23.0. The number of piperidine rings is 1. The van der Waals surface area contributed by atoms with Crippen molar-refractivity contribution in [1.29, 1.82) is 0 Å². The van der Waals surface area contributed by atoms with E-state index < -0.39 is 5.41 Å². The van der Waals surface area contributed by atoms with Gasteiger partial charge < -0.3 is 19.8 Å². The SMILES string of the molecule is CN(C)C(=O)C(Cc1cc(O)ccc1Cl)CN1CCC2(CC1)C(=O)N(C)c1ccccc12. The second-order valence-corrected chi connectivity index (χ2v) is 9.58. The molecule has 0 radical (unpaired) electrons. The molecule has 7 heteroatoms. The van der Waals surface area contributed by atoms with E-state index in [9.17, 15) is 14.7 Å². The number of carbonyl (C=O) groups excluding carboxylic acids is 2. The summed E-state index contributed by atoms with van der Waals surface area (Å²) in [6.07, 6.45) is 1.93. The van der Waals surface area contributed by atoms with Crippen molar-refractivity contribution in [3.05, 3.63) is 58.6 Å². The van der Waals surface area contributed by atoms with Gasteiger partial charge in [-0.1, -0.05) is 29.8 Å². The molecule has 2 aliphatic rings. The Labute approximate surface area is 194 Å². The minimum Gasteiger partial charge on any atom is -0.508 e. The molecular formula is C25H30ClN3O3. The predicted molar refractivity (Wildman–Crippen MR) is 126 cm³/mol. The Hall–Kier alpha value is -2.57. The molecule has 1 spiro atoms. The highest BCUT2D eigenvalue weighted by Gasteiger charge is 2.50. The van der Waals surface area contributed by atoms with Crippen LogP contribution in [0.1, 0.15) is 24.0 Å². The lowest BCUT2D eigenvalue weighted by Crippen LogP contribution is -2.50. The minimum atomic E-state index is -0.461. The second kappa shape index (κ2) is 8.75. The highest BCUT2D eigenvalue weighted by Crippen LogP contribution is 2.47. The van der Waals surface area contributed by atoms with Gasteiger partial charge in [0.2, 0.25) is 11.8 Å². The van der Waals surface area contributed by atoms with Gasteiger partial charge in [-0.15, -0.1) is 0 Å². The lowest BCUT2D eigenvalue weighted by molar-refractivity contribution is -0.134. The topological polar surface area (TPSA) is 64.1 Å². The van der Waals surface area contributed by atoms with Gasteiger partial charge in [0.1, 0.15) is 5.75 Å². The summed E-state index contributed by atoms with van der Waals surface area (Å²) in [4.78, 5) is 31.8. The fraction of sp³-hybridized carbons (Fsp3) is 0.440. The first-order chi connectivity index (χ1) is 15.2. The Bertz CT molecular complexity index is 1030. The third kappa shape index (κ3) is 3.97. The van der Waals surface area contributed by atoms with Crippen molar-refractivity contribution in [3.8, 4) is 5.75 Å². The van der Waals surface area contributed by atoms with Crippen LogP contribution in [0.4, 0.5) is 5.69 Å². The molecule has 0 bridgehead atoms. The summed E-state index contributed by atoms with van der Waals surface area (Å²) in [6.45, 7) is 2.09. The predicted octanol–water partition coefficient (Wildman–Crippen LogP) is 3.30. The van der Waals surface area contributed by atoms with Crippen molar-refractivity contribution in [2.24, 2.45) is 5.92 Å². The molecule has 1 saturated heterocycles. The second-order valence-electron chi connectivity index (χ2n) is 9.17. The molecule has 170 valence electrons. The highest BCUT2D eigenvalue weighted by atomic mass is 35.5. The molecule has 2 aliphatic heterocycles. The van der Waals surface area contributed by atoms with Gasteiger partial charge in [-0.2, -0.15) is 0 Å². The Balaban J connectivity index is 1.50. The number of aromatic hydroxyl groups is 1. The molecule has 1 atom stereocenters. The van der Waals surface area contributed by atoms with Crippen LogP contribution in [-0.2, 0) is 21.4 Å². The summed E-state index contributed by atoms with van der Waals surface area (Å²) < 4.78 is 0. The number of rotatable bonds is 5. The molecule has 1 unspecified atom stereocenters. The highest BCUT2D eigenvalue weighted by molar-refractivity contribution is 6.31. The van der Waals surface area contributed by atoms with Crippen LogP contribution in [0.5, 0.6) is 5.75 Å². The van der Waals surface area contributed by atoms with Gasteiger partial charge in [-0.05, 0) is 67.7 Å². The summed E-state index contributed by atoms with van der Waals surface area (Å²) in [5, 5.41) is 10.4. The molecule has 6 nitrogen and oxygen atoms in total. The maximum absolute atomic E-state index is 13.2. The molecule has 1 fully saturated rings. The maximum atomic E-state index is 13.2. The van der Waals surface area contributed by atoms with Crippen molar-refractivity contribution < 1.29 is 14.7 Å². The number of carbonyl (C=O) groups is 2. The first-order valence-corrected chi connectivity index (χ1v) is 11.4. The van der Waals surface area contributed by atoms with E-state index >= 15 is 0 Å². The van der Waals surface area contributed by atoms with E-state index in [1.807, 2.05) is 25.2 Å². The third-order valence-corrected chi connectivity index (χ3v) is 7.34. The van der Waals surface area contributed by atoms with E-state index in [4.69, 9.17) is 11.6 Å². The molecule has 4 rings (SSSR count).